The van der Waals surface area contributed by atoms with Crippen LogP contribution in [0.4, 0.5) is 5.69 Å². The van der Waals surface area contributed by atoms with Gasteiger partial charge in [0.25, 0.3) is 0 Å². The normalized spacial score (nSPS) is 20.1. The quantitative estimate of drug-likeness (QED) is 0.818. The van der Waals surface area contributed by atoms with Crippen LogP contribution < -0.4 is 10.2 Å². The highest BCUT2D eigenvalue weighted by Gasteiger charge is 2.35. The van der Waals surface area contributed by atoms with E-state index in [1.807, 2.05) is 32.0 Å². The first-order valence-corrected chi connectivity index (χ1v) is 8.10. The van der Waals surface area contributed by atoms with Crippen molar-refractivity contribution in [2.24, 2.45) is 5.92 Å². The summed E-state index contributed by atoms with van der Waals surface area (Å²) in [6.45, 7) is 6.20. The van der Waals surface area contributed by atoms with Gasteiger partial charge in [-0.2, -0.15) is 0 Å². The Bertz CT molecular complexity index is 627. The number of amides is 2. The fourth-order valence-electron chi connectivity index (χ4n) is 2.81. The van der Waals surface area contributed by atoms with E-state index in [-0.39, 0.29) is 31.4 Å². The number of ether oxygens (including phenoxy) is 1. The molecule has 0 unspecified atom stereocenters. The fourth-order valence-corrected chi connectivity index (χ4v) is 2.81. The first-order chi connectivity index (χ1) is 11.2. The van der Waals surface area contributed by atoms with Crippen LogP contribution in [0.1, 0.15) is 24.5 Å². The number of aryl methyl sites for hydroxylation is 2. The van der Waals surface area contributed by atoms with Crippen molar-refractivity contribution in [2.75, 3.05) is 31.7 Å². The Kier molecular flexibility index (Phi) is 5.62. The van der Waals surface area contributed by atoms with Gasteiger partial charge >= 0.3 is 0 Å². The van der Waals surface area contributed by atoms with E-state index in [1.165, 1.54) is 12.7 Å². The Morgan fingerprint density at radius 1 is 1.42 bits per heavy atom. The molecule has 1 fully saturated rings. The predicted molar refractivity (Wildman–Crippen MR) is 91.9 cm³/mol. The molecule has 6 heteroatoms. The maximum atomic E-state index is 12.3. The Morgan fingerprint density at radius 2 is 2.12 bits per heavy atom. The molecule has 1 aromatic carbocycles. The zero-order chi connectivity index (χ0) is 17.9. The van der Waals surface area contributed by atoms with E-state index in [4.69, 9.17) is 4.74 Å². The minimum atomic E-state index is -1.12. The van der Waals surface area contributed by atoms with Crippen LogP contribution in [-0.2, 0) is 14.3 Å². The molecule has 2 N–H and O–H groups in total. The van der Waals surface area contributed by atoms with Crippen LogP contribution in [0.25, 0.3) is 0 Å². The first kappa shape index (κ1) is 18.4. The molecule has 1 aliphatic rings. The summed E-state index contributed by atoms with van der Waals surface area (Å²) in [6, 6.07) is 5.86. The number of benzene rings is 1. The molecule has 24 heavy (non-hydrogen) atoms. The number of methoxy groups -OCH3 is 1. The van der Waals surface area contributed by atoms with Gasteiger partial charge in [0, 0.05) is 32.3 Å². The van der Waals surface area contributed by atoms with Gasteiger partial charge in [0.2, 0.25) is 11.8 Å². The predicted octanol–water partition coefficient (Wildman–Crippen LogP) is 1.17. The molecule has 0 radical (unpaired) electrons. The number of aliphatic hydroxyl groups is 1. The third-order valence-corrected chi connectivity index (χ3v) is 4.40. The summed E-state index contributed by atoms with van der Waals surface area (Å²) in [5.41, 5.74) is 1.98. The number of nitrogens with zero attached hydrogens (tertiary/aromatic N) is 1. The number of hydrogen-bond donors (Lipinski definition) is 2. The van der Waals surface area contributed by atoms with Gasteiger partial charge in [0.05, 0.1) is 12.5 Å². The molecular formula is C18H26N2O4. The van der Waals surface area contributed by atoms with E-state index >= 15 is 0 Å². The monoisotopic (exact) mass is 334 g/mol. The molecule has 1 saturated heterocycles. The zero-order valence-corrected chi connectivity index (χ0v) is 14.8. The van der Waals surface area contributed by atoms with Crippen molar-refractivity contribution < 1.29 is 19.4 Å². The lowest BCUT2D eigenvalue weighted by atomic mass is 10.1. The number of carbonyl (C=O) groups is 2. The molecule has 0 aliphatic carbocycles. The smallest absolute Gasteiger partial charge is 0.227 e. The zero-order valence-electron chi connectivity index (χ0n) is 14.8. The van der Waals surface area contributed by atoms with E-state index in [1.54, 1.807) is 11.8 Å². The third kappa shape index (κ3) is 4.33. The van der Waals surface area contributed by atoms with E-state index < -0.39 is 11.5 Å². The molecule has 1 aromatic rings. The Balaban J connectivity index is 1.98. The molecule has 0 saturated carbocycles. The molecule has 1 heterocycles. The first-order valence-electron chi connectivity index (χ1n) is 8.10. The second kappa shape index (κ2) is 7.32. The topological polar surface area (TPSA) is 78.9 Å². The average molecular weight is 334 g/mol. The summed E-state index contributed by atoms with van der Waals surface area (Å²) in [6.07, 6.45) is 0.186. The Hall–Kier alpha value is -1.92. The van der Waals surface area contributed by atoms with Gasteiger partial charge in [-0.05, 0) is 44.0 Å². The fraction of sp³-hybridized carbons (Fsp3) is 0.556. The summed E-state index contributed by atoms with van der Waals surface area (Å²) in [4.78, 5) is 26.2. The highest BCUT2D eigenvalue weighted by molar-refractivity contribution is 6.00. The molecule has 0 bridgehead atoms. The average Bonchev–Trinajstić information content (AvgIpc) is 2.90. The molecule has 0 spiro atoms. The van der Waals surface area contributed by atoms with Gasteiger partial charge in [-0.1, -0.05) is 6.07 Å². The van der Waals surface area contributed by atoms with Crippen molar-refractivity contribution in [3.8, 4) is 0 Å². The molecular weight excluding hydrogens is 308 g/mol. The van der Waals surface area contributed by atoms with Crippen LogP contribution >= 0.6 is 0 Å². The van der Waals surface area contributed by atoms with E-state index in [0.29, 0.717) is 6.54 Å². The number of hydrogen-bond acceptors (Lipinski definition) is 4. The highest BCUT2D eigenvalue weighted by atomic mass is 16.5. The van der Waals surface area contributed by atoms with Crippen molar-refractivity contribution in [1.82, 2.24) is 5.32 Å². The largest absolute Gasteiger partial charge is 0.386 e. The molecule has 2 atom stereocenters. The van der Waals surface area contributed by atoms with Crippen molar-refractivity contribution in [1.29, 1.82) is 0 Å². The molecule has 6 nitrogen and oxygen atoms in total. The molecule has 1 aliphatic heterocycles. The van der Waals surface area contributed by atoms with Crippen LogP contribution in [0.5, 0.6) is 0 Å². The van der Waals surface area contributed by atoms with Gasteiger partial charge < -0.3 is 20.1 Å². The van der Waals surface area contributed by atoms with Gasteiger partial charge in [-0.15, -0.1) is 0 Å². The van der Waals surface area contributed by atoms with Crippen molar-refractivity contribution in [3.63, 3.8) is 0 Å². The number of carbonyl (C=O) groups excluding carboxylic acids is 2. The third-order valence-electron chi connectivity index (χ3n) is 4.40. The molecule has 132 valence electrons. The molecule has 2 amide bonds. The number of rotatable bonds is 6. The lowest BCUT2D eigenvalue weighted by molar-refractivity contribution is -0.127. The van der Waals surface area contributed by atoms with Crippen LogP contribution in [-0.4, -0.2) is 49.3 Å². The van der Waals surface area contributed by atoms with Crippen molar-refractivity contribution in [3.05, 3.63) is 29.3 Å². The van der Waals surface area contributed by atoms with E-state index in [0.717, 1.165) is 11.3 Å². The van der Waals surface area contributed by atoms with Gasteiger partial charge in [0.1, 0.15) is 5.60 Å². The molecule has 0 aromatic heterocycles. The summed E-state index contributed by atoms with van der Waals surface area (Å²) in [7, 11) is 1.49. The highest BCUT2D eigenvalue weighted by Crippen LogP contribution is 2.27. The van der Waals surface area contributed by atoms with E-state index in [2.05, 4.69) is 5.32 Å². The van der Waals surface area contributed by atoms with Crippen molar-refractivity contribution in [2.45, 2.75) is 32.8 Å². The lowest BCUT2D eigenvalue weighted by Gasteiger charge is -2.23. The lowest BCUT2D eigenvalue weighted by Crippen LogP contribution is -2.45. The summed E-state index contributed by atoms with van der Waals surface area (Å²) in [5.74, 6) is -0.675. The summed E-state index contributed by atoms with van der Waals surface area (Å²) in [5, 5.41) is 12.7. The standard InChI is InChI=1S/C18H26N2O4/c1-12-5-6-15(7-13(12)2)20-9-14(8-16(20)21)17(22)19-10-18(3,23)11-24-4/h5-7,14,23H,8-11H2,1-4H3,(H,19,22)/t14-,18-/m1/s1. The number of nitrogens with one attached hydrogen (secondary N) is 1. The SMILES string of the molecule is COC[C@](C)(O)CNC(=O)[C@@H]1CC(=O)N(c2ccc(C)c(C)c2)C1. The number of anilines is 1. The van der Waals surface area contributed by atoms with Crippen LogP contribution in [0.2, 0.25) is 0 Å². The second-order valence-electron chi connectivity index (χ2n) is 6.82. The second-order valence-corrected chi connectivity index (χ2v) is 6.82. The Labute approximate surface area is 142 Å². The summed E-state index contributed by atoms with van der Waals surface area (Å²) < 4.78 is 4.91. The van der Waals surface area contributed by atoms with Crippen LogP contribution in [0, 0.1) is 19.8 Å². The minimum absolute atomic E-state index is 0.0537. The van der Waals surface area contributed by atoms with Gasteiger partial charge in [-0.25, -0.2) is 0 Å². The van der Waals surface area contributed by atoms with Crippen LogP contribution in [0.15, 0.2) is 18.2 Å². The van der Waals surface area contributed by atoms with Crippen molar-refractivity contribution >= 4 is 17.5 Å². The Morgan fingerprint density at radius 3 is 2.75 bits per heavy atom. The van der Waals surface area contributed by atoms with Crippen LogP contribution in [0.3, 0.4) is 0 Å². The molecule has 2 rings (SSSR count). The minimum Gasteiger partial charge on any atom is -0.386 e. The summed E-state index contributed by atoms with van der Waals surface area (Å²) >= 11 is 0. The van der Waals surface area contributed by atoms with E-state index in [9.17, 15) is 14.7 Å². The van der Waals surface area contributed by atoms with Gasteiger partial charge in [0.15, 0.2) is 0 Å². The maximum Gasteiger partial charge on any atom is 0.227 e. The van der Waals surface area contributed by atoms with Gasteiger partial charge in [-0.3, -0.25) is 9.59 Å². The maximum absolute atomic E-state index is 12.3.